The Morgan fingerprint density at radius 2 is 1.90 bits per heavy atom. The lowest BCUT2D eigenvalue weighted by atomic mass is 10.1. The fourth-order valence-electron chi connectivity index (χ4n) is 4.34. The minimum Gasteiger partial charge on any atom is -0.383 e. The standard InChI is InChI=1S/C24H36N6O7SSi/c1-23(2,3)29-22(31)37-38(32,33)28-11-15-17-18(36-24(4,5)35-17)21(34-15)30-12-14(9-10-39(6,7)8)16-19(25)26-13-27-20(16)30/h12-13,15,17-18,21,28H,11H2,1-8H3,(H,29,31)(H2,25,26,27)/t15-,17-,18-,21-/m1/s1. The highest BCUT2D eigenvalue weighted by Crippen LogP contribution is 2.44. The minimum atomic E-state index is -4.43. The summed E-state index contributed by atoms with van der Waals surface area (Å²) in [5.74, 6) is 2.57. The molecule has 0 spiro atoms. The van der Waals surface area contributed by atoms with Gasteiger partial charge in [0.25, 0.3) is 0 Å². The van der Waals surface area contributed by atoms with Gasteiger partial charge in [0.15, 0.2) is 12.0 Å². The van der Waals surface area contributed by atoms with Crippen molar-refractivity contribution in [3.63, 3.8) is 0 Å². The zero-order chi connectivity index (χ0) is 29.0. The van der Waals surface area contributed by atoms with Crippen LogP contribution in [0.2, 0.25) is 19.6 Å². The number of carbonyl (C=O) groups excluding carboxylic acids is 1. The van der Waals surface area contributed by atoms with E-state index in [0.29, 0.717) is 16.6 Å². The van der Waals surface area contributed by atoms with Gasteiger partial charge in [-0.15, -0.1) is 5.54 Å². The Morgan fingerprint density at radius 1 is 1.23 bits per heavy atom. The van der Waals surface area contributed by atoms with E-state index in [4.69, 9.17) is 19.9 Å². The van der Waals surface area contributed by atoms with Gasteiger partial charge in [0.1, 0.15) is 44.2 Å². The van der Waals surface area contributed by atoms with E-state index in [2.05, 4.69) is 55.3 Å². The fraction of sp³-hybridized carbons (Fsp3) is 0.625. The van der Waals surface area contributed by atoms with Crippen LogP contribution >= 0.6 is 0 Å². The summed E-state index contributed by atoms with van der Waals surface area (Å²) in [4.78, 5) is 20.6. The molecule has 2 fully saturated rings. The first kappa shape index (κ1) is 29.2. The molecule has 2 saturated heterocycles. The van der Waals surface area contributed by atoms with Crippen molar-refractivity contribution in [2.75, 3.05) is 12.3 Å². The number of ether oxygens (including phenoxy) is 3. The van der Waals surface area contributed by atoms with E-state index in [-0.39, 0.29) is 12.4 Å². The molecule has 1 amide bonds. The van der Waals surface area contributed by atoms with Crippen LogP contribution in [0.1, 0.15) is 46.4 Å². The normalized spacial score (nSPS) is 24.7. The number of nitrogen functional groups attached to an aromatic ring is 1. The second-order valence-corrected chi connectivity index (χ2v) is 18.2. The highest BCUT2D eigenvalue weighted by atomic mass is 32.2. The number of fused-ring (bicyclic) bond motifs is 2. The molecule has 0 aliphatic carbocycles. The average molecular weight is 581 g/mol. The molecule has 0 unspecified atom stereocenters. The largest absolute Gasteiger partial charge is 0.424 e. The quantitative estimate of drug-likeness (QED) is 0.351. The Labute approximate surface area is 229 Å². The summed E-state index contributed by atoms with van der Waals surface area (Å²) < 4.78 is 52.1. The number of aromatic nitrogens is 3. The molecule has 2 aromatic heterocycles. The number of nitrogens with one attached hydrogen (secondary N) is 2. The topological polar surface area (TPSA) is 169 Å². The Morgan fingerprint density at radius 3 is 2.54 bits per heavy atom. The fourth-order valence-corrected chi connectivity index (χ4v) is 5.52. The van der Waals surface area contributed by atoms with Crippen molar-refractivity contribution in [3.8, 4) is 11.5 Å². The van der Waals surface area contributed by atoms with Crippen LogP contribution in [-0.4, -0.2) is 73.3 Å². The van der Waals surface area contributed by atoms with Crippen LogP contribution in [0, 0.1) is 11.5 Å². The lowest BCUT2D eigenvalue weighted by Gasteiger charge is -2.25. The summed E-state index contributed by atoms with van der Waals surface area (Å²) in [6.07, 6.45) is -0.699. The Hall–Kier alpha value is -2.74. The van der Waals surface area contributed by atoms with Crippen LogP contribution in [0.3, 0.4) is 0 Å². The molecule has 13 nitrogen and oxygen atoms in total. The van der Waals surface area contributed by atoms with E-state index in [0.717, 1.165) is 0 Å². The third-order valence-corrected chi connectivity index (χ3v) is 7.50. The molecular formula is C24H36N6O7SSi. The smallest absolute Gasteiger partial charge is 0.383 e. The van der Waals surface area contributed by atoms with Crippen molar-refractivity contribution in [1.29, 1.82) is 0 Å². The number of nitrogens with zero attached hydrogens (tertiary/aromatic N) is 3. The van der Waals surface area contributed by atoms with Crippen molar-refractivity contribution >= 4 is 41.3 Å². The summed E-state index contributed by atoms with van der Waals surface area (Å²) in [7, 11) is -6.14. The van der Waals surface area contributed by atoms with E-state index < -0.39 is 60.3 Å². The first-order valence-corrected chi connectivity index (χ1v) is 17.4. The lowest BCUT2D eigenvalue weighted by molar-refractivity contribution is -0.195. The SMILES string of the molecule is CC(C)(C)NC(=O)OS(=O)(=O)NC[C@H]1O[C@@H](n2cc(C#C[Si](C)(C)C)c3c(N)ncnc32)[C@@H]2OC(C)(C)O[C@@H]21. The molecule has 4 atom stereocenters. The van der Waals surface area contributed by atoms with Crippen LogP contribution in [0.15, 0.2) is 12.5 Å². The predicted molar refractivity (Wildman–Crippen MR) is 146 cm³/mol. The van der Waals surface area contributed by atoms with E-state index in [1.54, 1.807) is 45.4 Å². The Bertz CT molecular complexity index is 1430. The molecule has 0 bridgehead atoms. The molecule has 2 aliphatic rings. The maximum atomic E-state index is 12.5. The van der Waals surface area contributed by atoms with E-state index >= 15 is 0 Å². The van der Waals surface area contributed by atoms with E-state index in [1.165, 1.54) is 6.33 Å². The molecule has 4 heterocycles. The summed E-state index contributed by atoms with van der Waals surface area (Å²) in [5, 5.41) is 3.03. The zero-order valence-corrected chi connectivity index (χ0v) is 25.2. The summed E-state index contributed by atoms with van der Waals surface area (Å²) in [6.45, 7) is 14.8. The van der Waals surface area contributed by atoms with Gasteiger partial charge in [-0.2, -0.15) is 13.1 Å². The van der Waals surface area contributed by atoms with E-state index in [1.807, 2.05) is 0 Å². The highest BCUT2D eigenvalue weighted by molar-refractivity contribution is 7.85. The highest BCUT2D eigenvalue weighted by Gasteiger charge is 2.56. The molecule has 2 aromatic rings. The number of anilines is 1. The van der Waals surface area contributed by atoms with Crippen LogP contribution in [0.4, 0.5) is 10.6 Å². The lowest BCUT2D eigenvalue weighted by Crippen LogP contribution is -2.45. The number of rotatable bonds is 5. The number of nitrogens with two attached hydrogens (primary N) is 1. The van der Waals surface area contributed by atoms with Gasteiger partial charge in [-0.25, -0.2) is 14.8 Å². The van der Waals surface area contributed by atoms with Gasteiger partial charge in [-0.1, -0.05) is 25.6 Å². The summed E-state index contributed by atoms with van der Waals surface area (Å²) in [5.41, 5.74) is 10.0. The van der Waals surface area contributed by atoms with Crippen molar-refractivity contribution < 1.29 is 31.6 Å². The van der Waals surface area contributed by atoms with Gasteiger partial charge < -0.3 is 34.0 Å². The first-order valence-electron chi connectivity index (χ1n) is 12.5. The number of hydrogen-bond donors (Lipinski definition) is 3. The van der Waals surface area contributed by atoms with Gasteiger partial charge in [-0.3, -0.25) is 0 Å². The van der Waals surface area contributed by atoms with Crippen molar-refractivity contribution in [3.05, 3.63) is 18.1 Å². The molecule has 15 heteroatoms. The van der Waals surface area contributed by atoms with Gasteiger partial charge in [0.05, 0.1) is 10.9 Å². The Kier molecular flexibility index (Phi) is 7.51. The summed E-state index contributed by atoms with van der Waals surface area (Å²) >= 11 is 0. The van der Waals surface area contributed by atoms with Gasteiger partial charge >= 0.3 is 16.4 Å². The van der Waals surface area contributed by atoms with Gasteiger partial charge in [0.2, 0.25) is 0 Å². The maximum absolute atomic E-state index is 12.5. The number of carbonyl (C=O) groups is 1. The molecule has 2 aliphatic heterocycles. The molecule has 4 N–H and O–H groups in total. The third-order valence-electron chi connectivity index (χ3n) is 5.73. The zero-order valence-electron chi connectivity index (χ0n) is 23.4. The van der Waals surface area contributed by atoms with Crippen molar-refractivity contribution in [2.45, 2.75) is 90.1 Å². The molecule has 39 heavy (non-hydrogen) atoms. The van der Waals surface area contributed by atoms with Crippen LogP contribution in [0.5, 0.6) is 0 Å². The van der Waals surface area contributed by atoms with Crippen molar-refractivity contribution in [2.24, 2.45) is 0 Å². The van der Waals surface area contributed by atoms with Crippen molar-refractivity contribution in [1.82, 2.24) is 24.6 Å². The molecule has 214 valence electrons. The molecule has 0 aromatic carbocycles. The molecular weight excluding hydrogens is 544 g/mol. The third kappa shape index (κ3) is 6.89. The number of hydrogen-bond acceptors (Lipinski definition) is 10. The summed E-state index contributed by atoms with van der Waals surface area (Å²) in [6, 6.07) is 0. The minimum absolute atomic E-state index is 0.235. The second kappa shape index (κ2) is 10.0. The number of amides is 1. The van der Waals surface area contributed by atoms with E-state index in [9.17, 15) is 13.2 Å². The predicted octanol–water partition coefficient (Wildman–Crippen LogP) is 2.02. The van der Waals surface area contributed by atoms with Crippen LogP contribution in [0.25, 0.3) is 11.0 Å². The maximum Gasteiger partial charge on any atom is 0.424 e. The Balaban J connectivity index is 1.62. The van der Waals surface area contributed by atoms with Gasteiger partial charge in [-0.05, 0) is 34.6 Å². The van der Waals surface area contributed by atoms with Gasteiger partial charge in [0, 0.05) is 18.3 Å². The first-order chi connectivity index (χ1) is 17.8. The average Bonchev–Trinajstić information content (AvgIpc) is 3.37. The van der Waals surface area contributed by atoms with Crippen LogP contribution < -0.4 is 15.8 Å². The molecule has 0 saturated carbocycles. The second-order valence-electron chi connectivity index (χ2n) is 12.1. The molecule has 0 radical (unpaired) electrons. The van der Waals surface area contributed by atoms with Crippen LogP contribution in [-0.2, 0) is 28.7 Å². The monoisotopic (exact) mass is 580 g/mol. The molecule has 4 rings (SSSR count).